The van der Waals surface area contributed by atoms with Crippen LogP contribution in [0.3, 0.4) is 0 Å². The zero-order valence-corrected chi connectivity index (χ0v) is 17.6. The van der Waals surface area contributed by atoms with Crippen LogP contribution in [-0.2, 0) is 4.79 Å². The fraction of sp³-hybridized carbons (Fsp3) is 0.500. The SMILES string of the molecule is Cc1cc(C2=CCN(C(=O)N(O)C(=O)C3CCCN(C)C3F)CC2)cc(C)c1C#N. The molecule has 2 unspecified atom stereocenters. The van der Waals surface area contributed by atoms with Crippen LogP contribution in [0, 0.1) is 31.1 Å². The highest BCUT2D eigenvalue weighted by atomic mass is 19.1. The van der Waals surface area contributed by atoms with Crippen LogP contribution >= 0.6 is 0 Å². The third kappa shape index (κ3) is 4.23. The average molecular weight is 414 g/mol. The lowest BCUT2D eigenvalue weighted by atomic mass is 9.93. The number of aryl methyl sites for hydroxylation is 2. The number of alkyl halides is 1. The molecule has 160 valence electrons. The number of imide groups is 1. The second-order valence-electron chi connectivity index (χ2n) is 8.06. The maximum absolute atomic E-state index is 14.3. The van der Waals surface area contributed by atoms with Crippen molar-refractivity contribution < 1.29 is 19.2 Å². The fourth-order valence-electron chi connectivity index (χ4n) is 4.19. The van der Waals surface area contributed by atoms with Crippen molar-refractivity contribution in [3.8, 4) is 6.07 Å². The molecule has 8 heteroatoms. The first-order chi connectivity index (χ1) is 14.2. The molecule has 0 aliphatic carbocycles. The van der Waals surface area contributed by atoms with Gasteiger partial charge in [0.25, 0.3) is 5.91 Å². The normalized spacial score (nSPS) is 22.3. The van der Waals surface area contributed by atoms with Crippen molar-refractivity contribution in [3.05, 3.63) is 40.5 Å². The molecule has 0 spiro atoms. The number of benzene rings is 1. The third-order valence-electron chi connectivity index (χ3n) is 5.98. The molecular weight excluding hydrogens is 387 g/mol. The predicted molar refractivity (Wildman–Crippen MR) is 109 cm³/mol. The first-order valence-electron chi connectivity index (χ1n) is 10.1. The van der Waals surface area contributed by atoms with E-state index in [1.807, 2.05) is 32.1 Å². The van der Waals surface area contributed by atoms with E-state index in [9.17, 15) is 24.4 Å². The molecule has 7 nitrogen and oxygen atoms in total. The number of nitrogens with zero attached hydrogens (tertiary/aromatic N) is 4. The maximum atomic E-state index is 14.3. The van der Waals surface area contributed by atoms with Gasteiger partial charge in [0, 0.05) is 19.6 Å². The lowest BCUT2D eigenvalue weighted by Gasteiger charge is -2.35. The summed E-state index contributed by atoms with van der Waals surface area (Å²) in [5, 5.41) is 19.5. The van der Waals surface area contributed by atoms with Gasteiger partial charge in [-0.05, 0) is 62.4 Å². The van der Waals surface area contributed by atoms with Crippen molar-refractivity contribution >= 4 is 17.5 Å². The van der Waals surface area contributed by atoms with Gasteiger partial charge < -0.3 is 4.90 Å². The quantitative estimate of drug-likeness (QED) is 0.456. The van der Waals surface area contributed by atoms with Gasteiger partial charge in [0.15, 0.2) is 6.30 Å². The molecule has 0 bridgehead atoms. The van der Waals surface area contributed by atoms with Gasteiger partial charge in [-0.1, -0.05) is 18.2 Å². The van der Waals surface area contributed by atoms with Gasteiger partial charge >= 0.3 is 6.03 Å². The van der Waals surface area contributed by atoms with Gasteiger partial charge in [-0.15, -0.1) is 5.06 Å². The summed E-state index contributed by atoms with van der Waals surface area (Å²) in [7, 11) is 1.58. The highest BCUT2D eigenvalue weighted by Crippen LogP contribution is 2.28. The number of piperidine rings is 1. The summed E-state index contributed by atoms with van der Waals surface area (Å²) in [6.45, 7) is 4.89. The van der Waals surface area contributed by atoms with Crippen LogP contribution in [-0.4, -0.2) is 65.0 Å². The van der Waals surface area contributed by atoms with Crippen molar-refractivity contribution in [3.63, 3.8) is 0 Å². The van der Waals surface area contributed by atoms with Gasteiger partial charge in [0.1, 0.15) is 0 Å². The molecule has 1 N–H and O–H groups in total. The van der Waals surface area contributed by atoms with E-state index in [1.165, 1.54) is 9.80 Å². The lowest BCUT2D eigenvalue weighted by molar-refractivity contribution is -0.166. The monoisotopic (exact) mass is 414 g/mol. The standard InChI is InChI=1S/C22H27FN4O3/c1-14-11-17(12-15(2)19(14)13-24)16-6-9-26(10-7-16)22(29)27(30)21(28)18-5-4-8-25(3)20(18)23/h6,11-12,18,20,30H,4-5,7-10H2,1-3H3. The van der Waals surface area contributed by atoms with Crippen molar-refractivity contribution in [2.75, 3.05) is 26.7 Å². The number of halogens is 1. The Balaban J connectivity index is 1.68. The van der Waals surface area contributed by atoms with E-state index in [0.717, 1.165) is 22.3 Å². The molecule has 2 aliphatic rings. The number of nitriles is 1. The molecule has 2 aliphatic heterocycles. The molecule has 3 amide bonds. The molecule has 1 fully saturated rings. The van der Waals surface area contributed by atoms with E-state index in [1.54, 1.807) is 7.05 Å². The van der Waals surface area contributed by atoms with E-state index in [0.29, 0.717) is 37.9 Å². The number of hydrogen-bond acceptors (Lipinski definition) is 5. The Hall–Kier alpha value is -2.76. The molecule has 0 saturated carbocycles. The largest absolute Gasteiger partial charge is 0.351 e. The number of likely N-dealkylation sites (tertiary alicyclic amines) is 1. The van der Waals surface area contributed by atoms with Gasteiger partial charge in [-0.3, -0.25) is 14.9 Å². The summed E-state index contributed by atoms with van der Waals surface area (Å²) in [5.41, 5.74) is 4.51. The summed E-state index contributed by atoms with van der Waals surface area (Å²) in [6.07, 6.45) is 1.86. The van der Waals surface area contributed by atoms with E-state index in [2.05, 4.69) is 6.07 Å². The van der Waals surface area contributed by atoms with Crippen LogP contribution in [0.1, 0.15) is 41.5 Å². The molecule has 1 aromatic carbocycles. The molecule has 0 aromatic heterocycles. The molecule has 1 saturated heterocycles. The molecule has 2 atom stereocenters. The Bertz CT molecular complexity index is 900. The van der Waals surface area contributed by atoms with Crippen LogP contribution in [0.15, 0.2) is 18.2 Å². The summed E-state index contributed by atoms with van der Waals surface area (Å²) in [4.78, 5) is 27.8. The highest BCUT2D eigenvalue weighted by Gasteiger charge is 2.39. The van der Waals surface area contributed by atoms with Crippen molar-refractivity contribution in [1.82, 2.24) is 14.9 Å². The Morgan fingerprint density at radius 1 is 1.27 bits per heavy atom. The van der Waals surface area contributed by atoms with Crippen LogP contribution in [0.5, 0.6) is 0 Å². The average Bonchev–Trinajstić information content (AvgIpc) is 2.74. The topological polar surface area (TPSA) is 87.9 Å². The minimum absolute atomic E-state index is 0.0747. The molecular formula is C22H27FN4O3. The smallest absolute Gasteiger partial charge is 0.318 e. The molecule has 0 radical (unpaired) electrons. The van der Waals surface area contributed by atoms with Crippen LogP contribution < -0.4 is 0 Å². The summed E-state index contributed by atoms with van der Waals surface area (Å²) in [6, 6.07) is 5.29. The molecule has 30 heavy (non-hydrogen) atoms. The highest BCUT2D eigenvalue weighted by molar-refractivity contribution is 5.94. The van der Waals surface area contributed by atoms with Gasteiger partial charge in [0.05, 0.1) is 17.6 Å². The number of hydrogen-bond donors (Lipinski definition) is 1. The number of rotatable bonds is 2. The first-order valence-corrected chi connectivity index (χ1v) is 10.1. The van der Waals surface area contributed by atoms with Crippen LogP contribution in [0.4, 0.5) is 9.18 Å². The fourth-order valence-corrected chi connectivity index (χ4v) is 4.19. The van der Waals surface area contributed by atoms with Gasteiger partial charge in [-0.25, -0.2) is 9.18 Å². The zero-order valence-electron chi connectivity index (χ0n) is 17.6. The minimum Gasteiger partial charge on any atom is -0.318 e. The number of urea groups is 1. The minimum atomic E-state index is -1.51. The van der Waals surface area contributed by atoms with Crippen molar-refractivity contribution in [2.45, 2.75) is 39.4 Å². The molecule has 1 aromatic rings. The molecule has 2 heterocycles. The zero-order chi connectivity index (χ0) is 22.0. The van der Waals surface area contributed by atoms with E-state index < -0.39 is 24.2 Å². The maximum Gasteiger partial charge on any atom is 0.351 e. The van der Waals surface area contributed by atoms with E-state index >= 15 is 0 Å². The van der Waals surface area contributed by atoms with Crippen LogP contribution in [0.25, 0.3) is 5.57 Å². The Kier molecular flexibility index (Phi) is 6.54. The van der Waals surface area contributed by atoms with Gasteiger partial charge in [0.2, 0.25) is 0 Å². The number of carbonyl (C=O) groups is 2. The third-order valence-corrected chi connectivity index (χ3v) is 5.98. The van der Waals surface area contributed by atoms with Crippen molar-refractivity contribution in [2.24, 2.45) is 5.92 Å². The van der Waals surface area contributed by atoms with E-state index in [4.69, 9.17) is 0 Å². The Morgan fingerprint density at radius 3 is 2.50 bits per heavy atom. The predicted octanol–water partition coefficient (Wildman–Crippen LogP) is 3.24. The van der Waals surface area contributed by atoms with Gasteiger partial charge in [-0.2, -0.15) is 5.26 Å². The Labute approximate surface area is 175 Å². The second-order valence-corrected chi connectivity index (χ2v) is 8.06. The van der Waals surface area contributed by atoms with E-state index in [-0.39, 0.29) is 11.6 Å². The lowest BCUT2D eigenvalue weighted by Crippen LogP contribution is -2.52. The Morgan fingerprint density at radius 2 is 1.93 bits per heavy atom. The second kappa shape index (κ2) is 8.94. The van der Waals surface area contributed by atoms with Crippen LogP contribution in [0.2, 0.25) is 0 Å². The summed E-state index contributed by atoms with van der Waals surface area (Å²) in [5.74, 6) is -1.94. The summed E-state index contributed by atoms with van der Waals surface area (Å²) < 4.78 is 14.3. The summed E-state index contributed by atoms with van der Waals surface area (Å²) >= 11 is 0. The van der Waals surface area contributed by atoms with Crippen molar-refractivity contribution in [1.29, 1.82) is 5.26 Å². The first kappa shape index (κ1) is 21.9. The number of carbonyl (C=O) groups excluding carboxylic acids is 2. The number of hydroxylamine groups is 2. The molecule has 3 rings (SSSR count). The number of amides is 3.